The van der Waals surface area contributed by atoms with Crippen LogP contribution < -0.4 is 10.6 Å². The van der Waals surface area contributed by atoms with Gasteiger partial charge in [-0.3, -0.25) is 48.5 Å². The summed E-state index contributed by atoms with van der Waals surface area (Å²) in [6.07, 6.45) is 4.78. The van der Waals surface area contributed by atoms with Crippen molar-refractivity contribution < 1.29 is 43.0 Å². The summed E-state index contributed by atoms with van der Waals surface area (Å²) in [5.41, 5.74) is 0.638. The Labute approximate surface area is 304 Å². The molecule has 52 heavy (non-hydrogen) atoms. The van der Waals surface area contributed by atoms with Crippen LogP contribution in [-0.4, -0.2) is 144 Å². The van der Waals surface area contributed by atoms with E-state index in [2.05, 4.69) is 22.5 Å². The van der Waals surface area contributed by atoms with Gasteiger partial charge in [-0.25, -0.2) is 0 Å². The minimum atomic E-state index is -0.665. The fraction of sp³-hybridized carbons (Fsp3) is 0.703. The molecule has 7 fully saturated rings. The van der Waals surface area contributed by atoms with Crippen LogP contribution in [0.2, 0.25) is 0 Å². The minimum Gasteiger partial charge on any atom is -0.360 e. The van der Waals surface area contributed by atoms with Crippen LogP contribution >= 0.6 is 0 Å². The summed E-state index contributed by atoms with van der Waals surface area (Å²) in [4.78, 5) is 79.7. The second kappa shape index (κ2) is 12.8. The Hall–Kier alpha value is -3.63. The van der Waals surface area contributed by atoms with Gasteiger partial charge in [-0.2, -0.15) is 0 Å². The molecule has 0 bridgehead atoms. The average molecular weight is 725 g/mol. The van der Waals surface area contributed by atoms with Crippen LogP contribution in [0.3, 0.4) is 0 Å². The molecule has 2 N–H and O–H groups in total. The van der Waals surface area contributed by atoms with E-state index in [1.165, 1.54) is 36.5 Å². The Bertz CT molecular complexity index is 1710. The van der Waals surface area contributed by atoms with Crippen LogP contribution in [0.25, 0.3) is 0 Å². The van der Waals surface area contributed by atoms with Gasteiger partial charge in [0.1, 0.15) is 11.2 Å². The first-order valence-electron chi connectivity index (χ1n) is 17.7. The molecule has 0 aliphatic carbocycles. The number of dihydropyridines is 1. The molecule has 15 nitrogen and oxygen atoms in total. The maximum atomic E-state index is 12.1. The van der Waals surface area contributed by atoms with Crippen molar-refractivity contribution in [1.82, 2.24) is 25.3 Å². The van der Waals surface area contributed by atoms with Gasteiger partial charge in [-0.05, 0) is 65.2 Å². The molecule has 7 saturated heterocycles. The summed E-state index contributed by atoms with van der Waals surface area (Å²) in [6, 6.07) is -0.403. The number of allylic oxidation sites excluding steroid dienone is 1. The zero-order valence-corrected chi connectivity index (χ0v) is 30.6. The number of ether oxygens (including phenoxy) is 3. The van der Waals surface area contributed by atoms with Crippen molar-refractivity contribution in [3.63, 3.8) is 0 Å². The van der Waals surface area contributed by atoms with Crippen molar-refractivity contribution in [3.05, 3.63) is 23.3 Å². The van der Waals surface area contributed by atoms with Gasteiger partial charge in [-0.1, -0.05) is 26.0 Å². The molecule has 284 valence electrons. The van der Waals surface area contributed by atoms with Gasteiger partial charge >= 0.3 is 0 Å². The van der Waals surface area contributed by atoms with E-state index in [0.717, 1.165) is 30.0 Å². The predicted molar refractivity (Wildman–Crippen MR) is 188 cm³/mol. The molecule has 9 rings (SSSR count). The molecular formula is C37H52N6O9. The molecule has 9 aliphatic rings. The van der Waals surface area contributed by atoms with Gasteiger partial charge in [0.25, 0.3) is 17.7 Å². The van der Waals surface area contributed by atoms with Gasteiger partial charge < -0.3 is 24.8 Å². The van der Waals surface area contributed by atoms with Gasteiger partial charge in [0.2, 0.25) is 17.7 Å². The molecule has 0 radical (unpaired) electrons. The molecule has 0 aromatic rings. The first-order valence-corrected chi connectivity index (χ1v) is 17.7. The number of fused-ring (bicyclic) bond motifs is 9. The topological polar surface area (TPSA) is 176 Å². The second-order valence-corrected chi connectivity index (χ2v) is 16.2. The lowest BCUT2D eigenvalue weighted by Crippen LogP contribution is -2.57. The van der Waals surface area contributed by atoms with E-state index in [-0.39, 0.29) is 78.4 Å². The highest BCUT2D eigenvalue weighted by atomic mass is 16.5. The predicted octanol–water partition coefficient (Wildman–Crippen LogP) is 0.228. The van der Waals surface area contributed by atoms with Crippen LogP contribution in [0.15, 0.2) is 28.3 Å². The van der Waals surface area contributed by atoms with E-state index in [1.54, 1.807) is 6.21 Å². The fourth-order valence-corrected chi connectivity index (χ4v) is 9.79. The molecule has 1 unspecified atom stereocenters. The number of hydrogen-bond acceptors (Lipinski definition) is 12. The Morgan fingerprint density at radius 1 is 0.692 bits per heavy atom. The first kappa shape index (κ1) is 38.1. The third kappa shape index (κ3) is 5.53. The molecule has 9 aliphatic heterocycles. The molecule has 9 heterocycles. The minimum absolute atomic E-state index is 0. The SMILES string of the molecule is C.CC1=C[C@]2(C)O[C@@H]3C(=O)N(C)C(=O)[C@@H]3[C@@H]2N=C1.CC1=C[C@]2(C)O[C@@H]3C(=O)N(C)C(=O)[C@@H]3[C@@H]2NC1.CC1CN[C@H]2[C@H]3C(=O)N(C)C(=O)[C@H]3O[C@@]2(C)C1. The van der Waals surface area contributed by atoms with Crippen molar-refractivity contribution in [2.45, 2.75) is 109 Å². The number of piperidine rings is 1. The molecule has 0 spiro atoms. The number of imide groups is 3. The molecule has 0 aromatic carbocycles. The standard InChI is InChI=1S/C12H18N2O3.C12H16N2O3.C12H14N2O3.CH4/c3*1-6-4-12(2)9(13-5-6)7-8(17-12)11(16)14(3)10(7)15;/h6-9,13H,4-5H2,1-3H3;4,7-9,13H,5H2,1-3H3;4-5,7-9H,1-3H3;1H4/t6?,7-,8-,9-,12-;2*7-,8-,9-,12-;/m000./s1. The molecular weight excluding hydrogens is 672 g/mol. The number of likely N-dealkylation sites (N-methyl/N-ethyl adjacent to an activating group) is 3. The third-order valence-corrected chi connectivity index (χ3v) is 12.2. The normalized spacial score (nSPS) is 45.1. The largest absolute Gasteiger partial charge is 0.360 e. The summed E-state index contributed by atoms with van der Waals surface area (Å²) in [5, 5.41) is 6.71. The van der Waals surface area contributed by atoms with Crippen molar-refractivity contribution in [1.29, 1.82) is 0 Å². The molecule has 0 aromatic heterocycles. The van der Waals surface area contributed by atoms with Crippen LogP contribution in [0.5, 0.6) is 0 Å². The van der Waals surface area contributed by atoms with E-state index in [4.69, 9.17) is 14.2 Å². The van der Waals surface area contributed by atoms with Gasteiger partial charge in [-0.15, -0.1) is 0 Å². The zero-order valence-electron chi connectivity index (χ0n) is 30.6. The number of rotatable bonds is 0. The van der Waals surface area contributed by atoms with Gasteiger partial charge in [0, 0.05) is 33.9 Å². The summed E-state index contributed by atoms with van der Waals surface area (Å²) in [5.74, 6) is -1.72. The average Bonchev–Trinajstić information content (AvgIpc) is 3.80. The van der Waals surface area contributed by atoms with Crippen molar-refractivity contribution in [2.75, 3.05) is 34.2 Å². The summed E-state index contributed by atoms with van der Waals surface area (Å²) >= 11 is 0. The number of hydrogen-bond donors (Lipinski definition) is 2. The highest BCUT2D eigenvalue weighted by Crippen LogP contribution is 2.47. The Kier molecular flexibility index (Phi) is 9.34. The van der Waals surface area contributed by atoms with Gasteiger partial charge in [0.15, 0.2) is 18.3 Å². The van der Waals surface area contributed by atoms with Crippen LogP contribution in [0.4, 0.5) is 0 Å². The van der Waals surface area contributed by atoms with Crippen molar-refractivity contribution in [3.8, 4) is 0 Å². The van der Waals surface area contributed by atoms with Crippen LogP contribution in [0, 0.1) is 23.7 Å². The lowest BCUT2D eigenvalue weighted by atomic mass is 9.78. The number of carbonyl (C=O) groups excluding carboxylic acids is 6. The first-order chi connectivity index (χ1) is 23.8. The van der Waals surface area contributed by atoms with E-state index in [0.29, 0.717) is 5.92 Å². The number of carbonyl (C=O) groups is 6. The maximum Gasteiger partial charge on any atom is 0.259 e. The molecule has 15 heteroatoms. The highest BCUT2D eigenvalue weighted by molar-refractivity contribution is 6.08. The van der Waals surface area contributed by atoms with Crippen LogP contribution in [0.1, 0.15) is 55.4 Å². The van der Waals surface area contributed by atoms with Gasteiger partial charge in [0.05, 0.1) is 41.5 Å². The van der Waals surface area contributed by atoms with E-state index >= 15 is 0 Å². The summed E-state index contributed by atoms with van der Waals surface area (Å²) in [6.45, 7) is 13.6. The smallest absolute Gasteiger partial charge is 0.259 e. The summed E-state index contributed by atoms with van der Waals surface area (Å²) in [7, 11) is 4.56. The molecule has 6 amide bonds. The fourth-order valence-electron chi connectivity index (χ4n) is 9.79. The molecule has 13 atom stereocenters. The maximum absolute atomic E-state index is 12.1. The quantitative estimate of drug-likeness (QED) is 0.258. The Morgan fingerprint density at radius 2 is 1.19 bits per heavy atom. The number of aliphatic imine (C=N–C) groups is 1. The monoisotopic (exact) mass is 724 g/mol. The van der Waals surface area contributed by atoms with Crippen molar-refractivity contribution in [2.24, 2.45) is 28.7 Å². The lowest BCUT2D eigenvalue weighted by molar-refractivity contribution is -0.148. The number of likely N-dealkylation sites (tertiary alicyclic amines) is 3. The van der Waals surface area contributed by atoms with E-state index in [1.807, 2.05) is 46.8 Å². The third-order valence-electron chi connectivity index (χ3n) is 12.2. The number of nitrogens with one attached hydrogen (secondary N) is 2. The van der Waals surface area contributed by atoms with E-state index in [9.17, 15) is 28.8 Å². The Morgan fingerprint density at radius 3 is 1.79 bits per heavy atom. The summed E-state index contributed by atoms with van der Waals surface area (Å²) < 4.78 is 17.6. The lowest BCUT2D eigenvalue weighted by Gasteiger charge is -2.40. The highest BCUT2D eigenvalue weighted by Gasteiger charge is 2.65. The Balaban J connectivity index is 0.000000133. The van der Waals surface area contributed by atoms with Crippen LogP contribution in [-0.2, 0) is 43.0 Å². The molecule has 0 saturated carbocycles. The van der Waals surface area contributed by atoms with E-state index < -0.39 is 35.4 Å². The second-order valence-electron chi connectivity index (χ2n) is 16.2. The number of amides is 6. The zero-order chi connectivity index (χ0) is 37.1. The number of nitrogens with zero attached hydrogens (tertiary/aromatic N) is 4. The van der Waals surface area contributed by atoms with Crippen molar-refractivity contribution >= 4 is 41.7 Å².